The van der Waals surface area contributed by atoms with Crippen LogP contribution in [0.15, 0.2) is 48.5 Å². The number of aromatic nitrogens is 1. The molecule has 29 heavy (non-hydrogen) atoms. The summed E-state index contributed by atoms with van der Waals surface area (Å²) >= 11 is 0. The van der Waals surface area contributed by atoms with Gasteiger partial charge in [-0.2, -0.15) is 0 Å². The predicted octanol–water partition coefficient (Wildman–Crippen LogP) is 2.64. The number of carbonyl (C=O) groups excluding carboxylic acids is 2. The molecule has 6 heteroatoms. The van der Waals surface area contributed by atoms with E-state index in [0.29, 0.717) is 12.1 Å². The van der Waals surface area contributed by atoms with Crippen LogP contribution in [-0.2, 0) is 19.5 Å². The number of hydrogen-bond donors (Lipinski definition) is 2. The molecule has 0 atom stereocenters. The molecule has 0 fully saturated rings. The molecule has 2 amide bonds. The fraction of sp³-hybridized carbons (Fsp3) is 0.261. The van der Waals surface area contributed by atoms with Gasteiger partial charge in [-0.3, -0.25) is 19.5 Å². The van der Waals surface area contributed by atoms with Crippen molar-refractivity contribution in [3.05, 3.63) is 76.5 Å². The molecule has 0 bridgehead atoms. The summed E-state index contributed by atoms with van der Waals surface area (Å²) in [5.41, 5.74) is 10.3. The van der Waals surface area contributed by atoms with Crippen LogP contribution in [0, 0.1) is 0 Å². The van der Waals surface area contributed by atoms with Gasteiger partial charge >= 0.3 is 0 Å². The smallest absolute Gasteiger partial charge is 0.252 e. The summed E-state index contributed by atoms with van der Waals surface area (Å²) in [6.45, 7) is 5.15. The summed E-state index contributed by atoms with van der Waals surface area (Å²) in [4.78, 5) is 31.6. The number of carbonyl (C=O) groups is 2. The Bertz CT molecular complexity index is 1080. The Hall–Kier alpha value is -3.25. The lowest BCUT2D eigenvalue weighted by Gasteiger charge is -2.29. The first-order chi connectivity index (χ1) is 14.1. The van der Waals surface area contributed by atoms with Crippen LogP contribution < -0.4 is 11.1 Å². The molecule has 148 valence electrons. The van der Waals surface area contributed by atoms with Gasteiger partial charge in [0.05, 0.1) is 11.1 Å². The molecule has 1 aromatic heterocycles. The number of nitrogens with zero attached hydrogens (tertiary/aromatic N) is 2. The first-order valence-electron chi connectivity index (χ1n) is 9.86. The molecule has 0 aliphatic carbocycles. The monoisotopic (exact) mass is 388 g/mol. The number of para-hydroxylation sites is 1. The van der Waals surface area contributed by atoms with Gasteiger partial charge in [0.1, 0.15) is 0 Å². The van der Waals surface area contributed by atoms with Crippen LogP contribution in [0.3, 0.4) is 0 Å². The molecule has 3 N–H and O–H groups in total. The van der Waals surface area contributed by atoms with Crippen molar-refractivity contribution >= 4 is 22.7 Å². The van der Waals surface area contributed by atoms with Crippen molar-refractivity contribution in [1.82, 2.24) is 15.2 Å². The Kier molecular flexibility index (Phi) is 5.27. The van der Waals surface area contributed by atoms with Crippen molar-refractivity contribution in [2.24, 2.45) is 5.73 Å². The Morgan fingerprint density at radius 2 is 1.90 bits per heavy atom. The number of hydrogen-bond acceptors (Lipinski definition) is 4. The van der Waals surface area contributed by atoms with E-state index < -0.39 is 5.91 Å². The second-order valence-electron chi connectivity index (χ2n) is 7.29. The van der Waals surface area contributed by atoms with Gasteiger partial charge in [0.25, 0.3) is 5.91 Å². The average Bonchev–Trinajstić information content (AvgIpc) is 2.75. The van der Waals surface area contributed by atoms with E-state index in [-0.39, 0.29) is 5.91 Å². The zero-order valence-corrected chi connectivity index (χ0v) is 16.4. The summed E-state index contributed by atoms with van der Waals surface area (Å²) in [5.74, 6) is -0.562. The molecule has 0 radical (unpaired) electrons. The molecule has 0 spiro atoms. The number of fused-ring (bicyclic) bond motifs is 2. The van der Waals surface area contributed by atoms with Crippen LogP contribution in [0.25, 0.3) is 10.9 Å². The molecule has 2 heterocycles. The Morgan fingerprint density at radius 3 is 2.62 bits per heavy atom. The van der Waals surface area contributed by atoms with Crippen LogP contribution in [0.5, 0.6) is 0 Å². The largest absolute Gasteiger partial charge is 0.366 e. The Morgan fingerprint density at radius 1 is 1.14 bits per heavy atom. The van der Waals surface area contributed by atoms with Gasteiger partial charge < -0.3 is 11.1 Å². The first-order valence-corrected chi connectivity index (χ1v) is 9.86. The molecule has 0 saturated carbocycles. The van der Waals surface area contributed by atoms with E-state index in [9.17, 15) is 9.59 Å². The Labute approximate surface area is 169 Å². The number of likely N-dealkylation sites (N-methyl/N-ethyl adjacent to an activating group) is 1. The van der Waals surface area contributed by atoms with Gasteiger partial charge in [-0.05, 0) is 30.3 Å². The molecular formula is C23H24N4O2. The number of benzene rings is 2. The third kappa shape index (κ3) is 3.84. The number of pyridine rings is 1. The zero-order chi connectivity index (χ0) is 20.4. The molecule has 1 aliphatic heterocycles. The van der Waals surface area contributed by atoms with Gasteiger partial charge in [-0.15, -0.1) is 0 Å². The topological polar surface area (TPSA) is 88.3 Å². The minimum Gasteiger partial charge on any atom is -0.366 e. The highest BCUT2D eigenvalue weighted by molar-refractivity contribution is 6.07. The third-order valence-electron chi connectivity index (χ3n) is 5.49. The maximum atomic E-state index is 13.2. The molecular weight excluding hydrogens is 364 g/mol. The molecule has 0 saturated heterocycles. The highest BCUT2D eigenvalue weighted by atomic mass is 16.2. The van der Waals surface area contributed by atoms with Crippen LogP contribution in [0.2, 0.25) is 0 Å². The molecule has 6 nitrogen and oxygen atoms in total. The van der Waals surface area contributed by atoms with Crippen molar-refractivity contribution in [2.75, 3.05) is 13.1 Å². The Balaban J connectivity index is 1.65. The number of primary amides is 1. The average molecular weight is 388 g/mol. The highest BCUT2D eigenvalue weighted by Crippen LogP contribution is 2.28. The van der Waals surface area contributed by atoms with Gasteiger partial charge in [-0.1, -0.05) is 37.3 Å². The SMILES string of the molecule is CCN1CCc2nc3ccccc3c(C(=O)NCc3ccc(C(N)=O)cc3)c2C1. The third-order valence-corrected chi connectivity index (χ3v) is 5.49. The summed E-state index contributed by atoms with van der Waals surface area (Å²) < 4.78 is 0. The lowest BCUT2D eigenvalue weighted by molar-refractivity contribution is 0.0948. The lowest BCUT2D eigenvalue weighted by atomic mass is 9.95. The number of amides is 2. The van der Waals surface area contributed by atoms with Crippen molar-refractivity contribution in [3.63, 3.8) is 0 Å². The van der Waals surface area contributed by atoms with E-state index in [1.165, 1.54) is 0 Å². The van der Waals surface area contributed by atoms with Gasteiger partial charge in [0, 0.05) is 48.3 Å². The number of nitrogens with two attached hydrogens (primary N) is 1. The predicted molar refractivity (Wildman–Crippen MR) is 113 cm³/mol. The van der Waals surface area contributed by atoms with Crippen LogP contribution in [0.1, 0.15) is 44.5 Å². The summed E-state index contributed by atoms with van der Waals surface area (Å²) in [6.07, 6.45) is 0.850. The highest BCUT2D eigenvalue weighted by Gasteiger charge is 2.25. The number of rotatable bonds is 5. The molecule has 4 rings (SSSR count). The van der Waals surface area contributed by atoms with Crippen LogP contribution in [0.4, 0.5) is 0 Å². The normalized spacial score (nSPS) is 13.8. The maximum Gasteiger partial charge on any atom is 0.252 e. The van der Waals surface area contributed by atoms with E-state index in [1.54, 1.807) is 24.3 Å². The molecule has 2 aromatic carbocycles. The summed E-state index contributed by atoms with van der Waals surface area (Å²) in [6, 6.07) is 14.8. The molecule has 3 aromatic rings. The van der Waals surface area contributed by atoms with Crippen molar-refractivity contribution in [3.8, 4) is 0 Å². The quantitative estimate of drug-likeness (QED) is 0.703. The van der Waals surface area contributed by atoms with Crippen LogP contribution >= 0.6 is 0 Å². The summed E-state index contributed by atoms with van der Waals surface area (Å²) in [7, 11) is 0. The van der Waals surface area contributed by atoms with E-state index in [2.05, 4.69) is 17.1 Å². The van der Waals surface area contributed by atoms with Crippen LogP contribution in [-0.4, -0.2) is 34.8 Å². The molecule has 0 unspecified atom stereocenters. The fourth-order valence-corrected chi connectivity index (χ4v) is 3.83. The maximum absolute atomic E-state index is 13.2. The van der Waals surface area contributed by atoms with Gasteiger partial charge in [-0.25, -0.2) is 0 Å². The minimum atomic E-state index is -0.462. The standard InChI is InChI=1S/C23H24N4O2/c1-2-27-12-11-20-18(14-27)21(17-5-3-4-6-19(17)26-20)23(29)25-13-15-7-9-16(10-8-15)22(24)28/h3-10H,2,11-14H2,1H3,(H2,24,28)(H,25,29). The van der Waals surface area contributed by atoms with E-state index in [1.807, 2.05) is 24.3 Å². The zero-order valence-electron chi connectivity index (χ0n) is 16.4. The lowest BCUT2D eigenvalue weighted by Crippen LogP contribution is -2.34. The van der Waals surface area contributed by atoms with Crippen molar-refractivity contribution < 1.29 is 9.59 Å². The van der Waals surface area contributed by atoms with Crippen molar-refractivity contribution in [2.45, 2.75) is 26.4 Å². The van der Waals surface area contributed by atoms with Crippen molar-refractivity contribution in [1.29, 1.82) is 0 Å². The van der Waals surface area contributed by atoms with E-state index in [4.69, 9.17) is 10.7 Å². The fourth-order valence-electron chi connectivity index (χ4n) is 3.83. The second-order valence-corrected chi connectivity index (χ2v) is 7.29. The van der Waals surface area contributed by atoms with E-state index >= 15 is 0 Å². The molecule has 1 aliphatic rings. The van der Waals surface area contributed by atoms with E-state index in [0.717, 1.165) is 59.3 Å². The summed E-state index contributed by atoms with van der Waals surface area (Å²) in [5, 5.41) is 3.92. The second kappa shape index (κ2) is 8.01. The van der Waals surface area contributed by atoms with Gasteiger partial charge in [0.2, 0.25) is 5.91 Å². The first kappa shape index (κ1) is 19.1. The van der Waals surface area contributed by atoms with Gasteiger partial charge in [0.15, 0.2) is 0 Å². The number of nitrogens with one attached hydrogen (secondary N) is 1. The minimum absolute atomic E-state index is 0.100.